The van der Waals surface area contributed by atoms with Crippen LogP contribution in [0.25, 0.3) is 32.5 Å². The molecule has 2 aromatic heterocycles. The molecule has 0 fully saturated rings. The van der Waals surface area contributed by atoms with Crippen LogP contribution in [0.15, 0.2) is 88.4 Å². The van der Waals surface area contributed by atoms with Gasteiger partial charge in [-0.25, -0.2) is 4.98 Å². The van der Waals surface area contributed by atoms with Gasteiger partial charge in [0, 0.05) is 17.0 Å². The number of fused-ring (bicyclic) bond motifs is 2. The first kappa shape index (κ1) is 19.5. The predicted molar refractivity (Wildman–Crippen MR) is 129 cm³/mol. The Balaban J connectivity index is 1.58. The van der Waals surface area contributed by atoms with Crippen molar-refractivity contribution in [1.29, 1.82) is 0 Å². The quantitative estimate of drug-likeness (QED) is 0.319. The molecule has 5 aromatic rings. The van der Waals surface area contributed by atoms with E-state index in [0.29, 0.717) is 0 Å². The van der Waals surface area contributed by atoms with Gasteiger partial charge in [0.05, 0.1) is 15.6 Å². The molecule has 31 heavy (non-hydrogen) atoms. The van der Waals surface area contributed by atoms with Crippen molar-refractivity contribution < 1.29 is 4.42 Å². The Morgan fingerprint density at radius 2 is 1.65 bits per heavy atom. The van der Waals surface area contributed by atoms with Gasteiger partial charge < -0.3 is 4.42 Å². The van der Waals surface area contributed by atoms with Gasteiger partial charge in [0.2, 0.25) is 5.13 Å². The number of hydrogen-bond donors (Lipinski definition) is 1. The molecule has 0 atom stereocenters. The fraction of sp³-hybridized carbons (Fsp3) is 0.154. The van der Waals surface area contributed by atoms with E-state index in [0.717, 1.165) is 43.0 Å². The standard InChI is InChI=1S/C26H23N3OS/c1-26(2,3)18-14-12-17(13-15-18)23-16-21(19-8-4-6-10-22(19)30-23)28-29-25-27-20-9-5-7-11-24(20)31-25/h4-16H,1-3H3,(H,27,29)/b28-21-. The molecule has 0 unspecified atom stereocenters. The summed E-state index contributed by atoms with van der Waals surface area (Å²) in [6, 6.07) is 26.6. The highest BCUT2D eigenvalue weighted by Crippen LogP contribution is 2.28. The van der Waals surface area contributed by atoms with Crippen LogP contribution in [0.3, 0.4) is 0 Å². The lowest BCUT2D eigenvalue weighted by atomic mass is 9.86. The molecule has 0 aliphatic heterocycles. The van der Waals surface area contributed by atoms with Gasteiger partial charge in [-0.15, -0.1) is 0 Å². The summed E-state index contributed by atoms with van der Waals surface area (Å²) in [5.41, 5.74) is 7.33. The third-order valence-corrected chi connectivity index (χ3v) is 6.19. The minimum absolute atomic E-state index is 0.112. The highest BCUT2D eigenvalue weighted by molar-refractivity contribution is 7.22. The van der Waals surface area contributed by atoms with Gasteiger partial charge in [0.25, 0.3) is 0 Å². The second-order valence-electron chi connectivity index (χ2n) is 8.53. The third kappa shape index (κ3) is 3.97. The molecule has 0 saturated heterocycles. The minimum atomic E-state index is 0.112. The zero-order valence-electron chi connectivity index (χ0n) is 17.7. The van der Waals surface area contributed by atoms with Gasteiger partial charge >= 0.3 is 0 Å². The SMILES string of the molecule is CC(C)(C)c1ccc(-c2c/c(=N/Nc3nc4ccccc4s3)c3ccccc3o2)cc1. The number of benzene rings is 3. The maximum Gasteiger partial charge on any atom is 0.204 e. The normalized spacial score (nSPS) is 12.5. The summed E-state index contributed by atoms with van der Waals surface area (Å²) >= 11 is 1.59. The van der Waals surface area contributed by atoms with E-state index in [9.17, 15) is 0 Å². The summed E-state index contributed by atoms with van der Waals surface area (Å²) in [6.45, 7) is 6.65. The number of aromatic nitrogens is 1. The number of nitrogens with one attached hydrogen (secondary N) is 1. The fourth-order valence-corrected chi connectivity index (χ4v) is 4.32. The van der Waals surface area contributed by atoms with Crippen LogP contribution in [-0.4, -0.2) is 4.98 Å². The lowest BCUT2D eigenvalue weighted by Crippen LogP contribution is -2.10. The van der Waals surface area contributed by atoms with Crippen molar-refractivity contribution >= 4 is 37.7 Å². The van der Waals surface area contributed by atoms with Crippen LogP contribution in [0, 0.1) is 0 Å². The first-order valence-electron chi connectivity index (χ1n) is 10.3. The molecule has 0 radical (unpaired) electrons. The smallest absolute Gasteiger partial charge is 0.204 e. The minimum Gasteiger partial charge on any atom is -0.456 e. The molecule has 0 amide bonds. The van der Waals surface area contributed by atoms with Gasteiger partial charge in [0.1, 0.15) is 11.3 Å². The van der Waals surface area contributed by atoms with Crippen LogP contribution in [0.5, 0.6) is 0 Å². The van der Waals surface area contributed by atoms with E-state index in [1.54, 1.807) is 11.3 Å². The Bertz CT molecular complexity index is 1410. The molecule has 154 valence electrons. The van der Waals surface area contributed by atoms with E-state index in [-0.39, 0.29) is 5.41 Å². The van der Waals surface area contributed by atoms with E-state index in [1.807, 2.05) is 48.5 Å². The molecule has 3 aromatic carbocycles. The topological polar surface area (TPSA) is 50.4 Å². The first-order valence-corrected chi connectivity index (χ1v) is 11.1. The van der Waals surface area contributed by atoms with Gasteiger partial charge in [-0.1, -0.05) is 80.6 Å². The van der Waals surface area contributed by atoms with E-state index in [4.69, 9.17) is 4.42 Å². The van der Waals surface area contributed by atoms with Crippen molar-refractivity contribution in [3.8, 4) is 11.3 Å². The predicted octanol–water partition coefficient (Wildman–Crippen LogP) is 6.93. The third-order valence-electron chi connectivity index (χ3n) is 5.25. The van der Waals surface area contributed by atoms with E-state index in [2.05, 4.69) is 66.6 Å². The highest BCUT2D eigenvalue weighted by Gasteiger charge is 2.14. The Morgan fingerprint density at radius 3 is 2.42 bits per heavy atom. The second kappa shape index (κ2) is 7.67. The maximum absolute atomic E-state index is 6.21. The highest BCUT2D eigenvalue weighted by atomic mass is 32.1. The van der Waals surface area contributed by atoms with Crippen LogP contribution < -0.4 is 10.8 Å². The molecule has 0 saturated carbocycles. The maximum atomic E-state index is 6.21. The summed E-state index contributed by atoms with van der Waals surface area (Å²) in [5.74, 6) is 0.781. The molecular weight excluding hydrogens is 402 g/mol. The van der Waals surface area contributed by atoms with E-state index < -0.39 is 0 Å². The van der Waals surface area contributed by atoms with Crippen LogP contribution in [0.1, 0.15) is 26.3 Å². The van der Waals surface area contributed by atoms with Crippen LogP contribution in [0.2, 0.25) is 0 Å². The summed E-state index contributed by atoms with van der Waals surface area (Å²) < 4.78 is 7.35. The molecule has 0 spiro atoms. The van der Waals surface area contributed by atoms with Crippen molar-refractivity contribution in [2.24, 2.45) is 5.10 Å². The number of rotatable bonds is 3. The molecule has 2 heterocycles. The Hall–Kier alpha value is -3.44. The van der Waals surface area contributed by atoms with Crippen molar-refractivity contribution in [3.63, 3.8) is 0 Å². The first-order chi connectivity index (χ1) is 15.0. The number of thiazole rings is 1. The second-order valence-corrected chi connectivity index (χ2v) is 9.56. The molecule has 0 aliphatic carbocycles. The lowest BCUT2D eigenvalue weighted by Gasteiger charge is -2.19. The Labute approximate surface area is 184 Å². The van der Waals surface area contributed by atoms with E-state index >= 15 is 0 Å². The number of para-hydroxylation sites is 2. The van der Waals surface area contributed by atoms with Gasteiger partial charge in [0.15, 0.2) is 0 Å². The van der Waals surface area contributed by atoms with Crippen LogP contribution in [-0.2, 0) is 5.41 Å². The fourth-order valence-electron chi connectivity index (χ4n) is 3.51. The zero-order valence-corrected chi connectivity index (χ0v) is 18.5. The average Bonchev–Trinajstić information content (AvgIpc) is 3.20. The summed E-state index contributed by atoms with van der Waals surface area (Å²) in [4.78, 5) is 4.61. The molecule has 1 N–H and O–H groups in total. The van der Waals surface area contributed by atoms with Gasteiger partial charge in [-0.05, 0) is 35.2 Å². The van der Waals surface area contributed by atoms with Crippen molar-refractivity contribution in [3.05, 3.63) is 89.8 Å². The molecule has 4 nitrogen and oxygen atoms in total. The Kier molecular flexibility index (Phi) is 4.83. The van der Waals surface area contributed by atoms with Crippen molar-refractivity contribution in [2.75, 3.05) is 5.43 Å². The van der Waals surface area contributed by atoms with Crippen LogP contribution in [0.4, 0.5) is 5.13 Å². The molecule has 0 aliphatic rings. The molecular formula is C26H23N3OS. The van der Waals surface area contributed by atoms with Gasteiger partial charge in [-0.3, -0.25) is 5.43 Å². The average molecular weight is 426 g/mol. The molecule has 0 bridgehead atoms. The largest absolute Gasteiger partial charge is 0.456 e. The number of anilines is 1. The summed E-state index contributed by atoms with van der Waals surface area (Å²) in [7, 11) is 0. The monoisotopic (exact) mass is 425 g/mol. The molecule has 5 heteroatoms. The van der Waals surface area contributed by atoms with Crippen molar-refractivity contribution in [1.82, 2.24) is 4.98 Å². The van der Waals surface area contributed by atoms with Gasteiger partial charge in [-0.2, -0.15) is 5.10 Å². The molecule has 5 rings (SSSR count). The lowest BCUT2D eigenvalue weighted by molar-refractivity contribution is 0.589. The Morgan fingerprint density at radius 1 is 0.903 bits per heavy atom. The number of nitrogens with zero attached hydrogens (tertiary/aromatic N) is 2. The summed E-state index contributed by atoms with van der Waals surface area (Å²) in [5, 5.41) is 7.21. The van der Waals surface area contributed by atoms with Crippen molar-refractivity contribution in [2.45, 2.75) is 26.2 Å². The number of hydrogen-bond acceptors (Lipinski definition) is 5. The summed E-state index contributed by atoms with van der Waals surface area (Å²) in [6.07, 6.45) is 0. The van der Waals surface area contributed by atoms with Crippen LogP contribution >= 0.6 is 11.3 Å². The zero-order chi connectivity index (χ0) is 21.4. The van der Waals surface area contributed by atoms with E-state index in [1.165, 1.54) is 5.56 Å².